The molecule has 1 N–H and O–H groups in total. The lowest BCUT2D eigenvalue weighted by atomic mass is 10.2. The van der Waals surface area contributed by atoms with Gasteiger partial charge >= 0.3 is 5.97 Å². The maximum absolute atomic E-state index is 12.3. The van der Waals surface area contributed by atoms with Crippen molar-refractivity contribution in [2.75, 3.05) is 32.2 Å². The van der Waals surface area contributed by atoms with Crippen molar-refractivity contribution in [2.24, 2.45) is 0 Å². The summed E-state index contributed by atoms with van der Waals surface area (Å²) in [5.41, 5.74) is 0.635. The number of nitrogens with one attached hydrogen (secondary N) is 1. The fourth-order valence-electron chi connectivity index (χ4n) is 2.36. The average Bonchev–Trinajstić information content (AvgIpc) is 2.68. The Morgan fingerprint density at radius 2 is 1.64 bits per heavy atom. The number of carbonyl (C=O) groups excluding carboxylic acids is 2. The van der Waals surface area contributed by atoms with E-state index in [1.54, 1.807) is 30.3 Å². The van der Waals surface area contributed by atoms with Crippen LogP contribution >= 0.6 is 11.6 Å². The molecule has 2 aromatic carbocycles. The molecule has 0 aliphatic heterocycles. The highest BCUT2D eigenvalue weighted by molar-refractivity contribution is 6.31. The Bertz CT molecular complexity index is 839. The average molecular weight is 408 g/mol. The number of rotatable bonds is 9. The van der Waals surface area contributed by atoms with Crippen molar-refractivity contribution in [3.63, 3.8) is 0 Å². The zero-order chi connectivity index (χ0) is 20.5. The van der Waals surface area contributed by atoms with Crippen LogP contribution in [0.15, 0.2) is 36.4 Å². The molecule has 28 heavy (non-hydrogen) atoms. The van der Waals surface area contributed by atoms with E-state index in [2.05, 4.69) is 5.32 Å². The molecule has 7 nitrogen and oxygen atoms in total. The summed E-state index contributed by atoms with van der Waals surface area (Å²) in [5.74, 6) is 0.234. The Morgan fingerprint density at radius 3 is 2.32 bits per heavy atom. The number of amides is 1. The van der Waals surface area contributed by atoms with Gasteiger partial charge in [0.15, 0.2) is 18.1 Å². The summed E-state index contributed by atoms with van der Waals surface area (Å²) in [6.45, 7) is 4.10. The van der Waals surface area contributed by atoms with Gasteiger partial charge in [0.2, 0.25) is 0 Å². The molecule has 150 valence electrons. The molecule has 0 aliphatic carbocycles. The topological polar surface area (TPSA) is 83.1 Å². The molecule has 0 bridgehead atoms. The van der Waals surface area contributed by atoms with E-state index in [0.717, 1.165) is 0 Å². The fourth-order valence-corrected chi connectivity index (χ4v) is 2.53. The predicted molar refractivity (Wildman–Crippen MR) is 106 cm³/mol. The number of anilines is 1. The summed E-state index contributed by atoms with van der Waals surface area (Å²) >= 11 is 5.93. The number of halogens is 1. The van der Waals surface area contributed by atoms with Crippen molar-refractivity contribution in [2.45, 2.75) is 13.8 Å². The van der Waals surface area contributed by atoms with Gasteiger partial charge in [-0.2, -0.15) is 0 Å². The second-order valence-electron chi connectivity index (χ2n) is 5.50. The summed E-state index contributed by atoms with van der Waals surface area (Å²) in [6.07, 6.45) is 0. The highest BCUT2D eigenvalue weighted by Gasteiger charge is 2.15. The highest BCUT2D eigenvalue weighted by Crippen LogP contribution is 2.29. The number of carbonyl (C=O) groups is 2. The van der Waals surface area contributed by atoms with Gasteiger partial charge in [-0.05, 0) is 50.2 Å². The quantitative estimate of drug-likeness (QED) is 0.634. The summed E-state index contributed by atoms with van der Waals surface area (Å²) in [5, 5.41) is 3.03. The molecule has 2 aromatic rings. The van der Waals surface area contributed by atoms with E-state index in [0.29, 0.717) is 41.2 Å². The Morgan fingerprint density at radius 1 is 0.964 bits per heavy atom. The molecular formula is C20H22ClNO6. The lowest BCUT2D eigenvalue weighted by Gasteiger charge is -2.13. The summed E-state index contributed by atoms with van der Waals surface area (Å²) in [4.78, 5) is 24.4. The smallest absolute Gasteiger partial charge is 0.338 e. The van der Waals surface area contributed by atoms with Gasteiger partial charge in [-0.25, -0.2) is 4.79 Å². The molecule has 1 amide bonds. The van der Waals surface area contributed by atoms with E-state index in [1.807, 2.05) is 13.8 Å². The second kappa shape index (κ2) is 10.4. The zero-order valence-corrected chi connectivity index (χ0v) is 16.7. The number of hydrogen-bond donors (Lipinski definition) is 1. The van der Waals surface area contributed by atoms with Crippen LogP contribution in [0.4, 0.5) is 5.69 Å². The summed E-state index contributed by atoms with van der Waals surface area (Å²) in [6, 6.07) is 9.50. The van der Waals surface area contributed by atoms with Crippen LogP contribution in [0.1, 0.15) is 24.2 Å². The molecule has 0 unspecified atom stereocenters. The number of benzene rings is 2. The van der Waals surface area contributed by atoms with E-state index in [9.17, 15) is 9.59 Å². The second-order valence-corrected chi connectivity index (χ2v) is 5.93. The standard InChI is InChI=1S/C20H22ClNO6/c1-4-26-17-8-6-13(10-18(17)27-5-2)20(24)28-12-19(23)22-15-11-14(21)7-9-16(15)25-3/h6-11H,4-5,12H2,1-3H3,(H,22,23). The van der Waals surface area contributed by atoms with E-state index >= 15 is 0 Å². The van der Waals surface area contributed by atoms with Crippen molar-refractivity contribution in [1.29, 1.82) is 0 Å². The minimum atomic E-state index is -0.655. The van der Waals surface area contributed by atoms with E-state index in [4.69, 9.17) is 30.5 Å². The minimum Gasteiger partial charge on any atom is -0.495 e. The normalized spacial score (nSPS) is 10.1. The molecule has 0 fully saturated rings. The van der Waals surface area contributed by atoms with Gasteiger partial charge in [0.1, 0.15) is 5.75 Å². The van der Waals surface area contributed by atoms with Gasteiger partial charge in [0, 0.05) is 5.02 Å². The predicted octanol–water partition coefficient (Wildman–Crippen LogP) is 3.94. The number of methoxy groups -OCH3 is 1. The van der Waals surface area contributed by atoms with Crippen LogP contribution in [0.2, 0.25) is 5.02 Å². The lowest BCUT2D eigenvalue weighted by Crippen LogP contribution is -2.21. The van der Waals surface area contributed by atoms with E-state index < -0.39 is 18.5 Å². The maximum Gasteiger partial charge on any atom is 0.338 e. The van der Waals surface area contributed by atoms with E-state index in [-0.39, 0.29) is 5.56 Å². The van der Waals surface area contributed by atoms with Crippen LogP contribution in [0.5, 0.6) is 17.2 Å². The SMILES string of the molecule is CCOc1ccc(C(=O)OCC(=O)Nc2cc(Cl)ccc2OC)cc1OCC. The van der Waals surface area contributed by atoms with Gasteiger partial charge in [-0.15, -0.1) is 0 Å². The molecule has 8 heteroatoms. The maximum atomic E-state index is 12.3. The summed E-state index contributed by atoms with van der Waals surface area (Å²) < 4.78 is 21.2. The van der Waals surface area contributed by atoms with Crippen LogP contribution in [0.25, 0.3) is 0 Å². The van der Waals surface area contributed by atoms with Crippen LogP contribution in [0, 0.1) is 0 Å². The monoisotopic (exact) mass is 407 g/mol. The first-order valence-electron chi connectivity index (χ1n) is 8.68. The summed E-state index contributed by atoms with van der Waals surface area (Å²) in [7, 11) is 1.47. The first kappa shape index (κ1) is 21.4. The molecule has 2 rings (SSSR count). The molecule has 0 atom stereocenters. The third kappa shape index (κ3) is 5.79. The Labute approximate surface area is 168 Å². The molecule has 0 radical (unpaired) electrons. The van der Waals surface area contributed by atoms with Crippen LogP contribution in [0.3, 0.4) is 0 Å². The first-order chi connectivity index (χ1) is 13.5. The molecule has 0 saturated carbocycles. The van der Waals surface area contributed by atoms with Crippen molar-refractivity contribution >= 4 is 29.2 Å². The molecule has 0 aromatic heterocycles. The minimum absolute atomic E-state index is 0.250. The van der Waals surface area contributed by atoms with Crippen molar-refractivity contribution in [1.82, 2.24) is 0 Å². The fraction of sp³-hybridized carbons (Fsp3) is 0.300. The number of hydrogen-bond acceptors (Lipinski definition) is 6. The number of ether oxygens (including phenoxy) is 4. The Balaban J connectivity index is 2.00. The van der Waals surface area contributed by atoms with Crippen LogP contribution in [-0.2, 0) is 9.53 Å². The molecular weight excluding hydrogens is 386 g/mol. The van der Waals surface area contributed by atoms with Gasteiger partial charge in [0.25, 0.3) is 5.91 Å². The van der Waals surface area contributed by atoms with Gasteiger partial charge < -0.3 is 24.3 Å². The first-order valence-corrected chi connectivity index (χ1v) is 9.06. The largest absolute Gasteiger partial charge is 0.495 e. The lowest BCUT2D eigenvalue weighted by molar-refractivity contribution is -0.119. The number of esters is 1. The Hall–Kier alpha value is -2.93. The van der Waals surface area contributed by atoms with Crippen molar-refractivity contribution in [3.8, 4) is 17.2 Å². The van der Waals surface area contributed by atoms with Crippen molar-refractivity contribution in [3.05, 3.63) is 47.0 Å². The van der Waals surface area contributed by atoms with Gasteiger partial charge in [-0.1, -0.05) is 11.6 Å². The molecule has 0 saturated heterocycles. The third-order valence-corrected chi connectivity index (χ3v) is 3.78. The Kier molecular flexibility index (Phi) is 7.95. The highest BCUT2D eigenvalue weighted by atomic mass is 35.5. The zero-order valence-electron chi connectivity index (χ0n) is 15.9. The molecule has 0 heterocycles. The molecule has 0 aliphatic rings. The van der Waals surface area contributed by atoms with Crippen LogP contribution in [-0.4, -0.2) is 38.8 Å². The van der Waals surface area contributed by atoms with E-state index in [1.165, 1.54) is 13.2 Å². The van der Waals surface area contributed by atoms with Gasteiger partial charge in [-0.3, -0.25) is 4.79 Å². The van der Waals surface area contributed by atoms with Gasteiger partial charge in [0.05, 0.1) is 31.6 Å². The molecule has 0 spiro atoms. The van der Waals surface area contributed by atoms with Crippen LogP contribution < -0.4 is 19.5 Å². The third-order valence-electron chi connectivity index (χ3n) is 3.55. The van der Waals surface area contributed by atoms with Crippen molar-refractivity contribution < 1.29 is 28.5 Å².